The number of hydrogen-bond acceptors (Lipinski definition) is 7. The Bertz CT molecular complexity index is 718. The van der Waals surface area contributed by atoms with Gasteiger partial charge in [0.05, 0.1) is 18.8 Å². The van der Waals surface area contributed by atoms with E-state index in [9.17, 15) is 29.4 Å². The van der Waals surface area contributed by atoms with Crippen LogP contribution >= 0.6 is 0 Å². The van der Waals surface area contributed by atoms with Crippen molar-refractivity contribution in [2.75, 3.05) is 13.1 Å². The second-order valence-electron chi connectivity index (χ2n) is 9.01. The number of amides is 4. The van der Waals surface area contributed by atoms with Gasteiger partial charge in [0.15, 0.2) is 0 Å². The molecule has 1 spiro atoms. The average molecular weight is 428 g/mol. The van der Waals surface area contributed by atoms with Crippen molar-refractivity contribution in [3.63, 3.8) is 0 Å². The monoisotopic (exact) mass is 428 g/mol. The highest BCUT2D eigenvalue weighted by Crippen LogP contribution is 2.40. The topological polar surface area (TPSA) is 162 Å². The van der Waals surface area contributed by atoms with Gasteiger partial charge in [-0.1, -0.05) is 0 Å². The Morgan fingerprint density at radius 2 is 1.80 bits per heavy atom. The van der Waals surface area contributed by atoms with Crippen molar-refractivity contribution < 1.29 is 34.1 Å². The molecule has 2 aliphatic rings. The molecule has 5 N–H and O–H groups in total. The van der Waals surface area contributed by atoms with E-state index in [1.54, 1.807) is 20.8 Å². The quantitative estimate of drug-likeness (QED) is 0.382. The van der Waals surface area contributed by atoms with Crippen LogP contribution in [0.4, 0.5) is 4.79 Å². The molecular weight excluding hydrogens is 396 g/mol. The average Bonchev–Trinajstić information content (AvgIpc) is 3.02. The molecule has 2 fully saturated rings. The molecule has 5 atom stereocenters. The molecule has 0 aromatic heterocycles. The molecule has 4 unspecified atom stereocenters. The third-order valence-corrected chi connectivity index (χ3v) is 5.35. The number of β-lactam (4-membered cyclic amide) rings is 1. The number of aliphatic hydroxyl groups is 2. The fourth-order valence-corrected chi connectivity index (χ4v) is 4.05. The summed E-state index contributed by atoms with van der Waals surface area (Å²) in [6.07, 6.45) is -2.34. The molecule has 30 heavy (non-hydrogen) atoms. The van der Waals surface area contributed by atoms with Crippen molar-refractivity contribution >= 4 is 23.8 Å². The lowest BCUT2D eigenvalue weighted by Crippen LogP contribution is -2.78. The molecule has 0 radical (unpaired) electrons. The molecule has 0 bridgehead atoms. The molecule has 170 valence electrons. The number of carbonyl (C=O) groups is 4. The fraction of sp³-hybridized carbons (Fsp3) is 0.789. The van der Waals surface area contributed by atoms with Crippen LogP contribution in [0.25, 0.3) is 0 Å². The number of aliphatic hydroxyl groups excluding tert-OH is 2. The minimum Gasteiger partial charge on any atom is -0.444 e. The smallest absolute Gasteiger partial charge is 0.408 e. The van der Waals surface area contributed by atoms with Crippen LogP contribution in [-0.4, -0.2) is 92.3 Å². The highest BCUT2D eigenvalue weighted by atomic mass is 16.6. The second kappa shape index (κ2) is 8.38. The second-order valence-corrected chi connectivity index (χ2v) is 9.01. The molecule has 2 aliphatic heterocycles. The zero-order valence-corrected chi connectivity index (χ0v) is 18.0. The van der Waals surface area contributed by atoms with Gasteiger partial charge in [0.2, 0.25) is 11.8 Å². The normalized spacial score (nSPS) is 25.4. The Morgan fingerprint density at radius 3 is 2.23 bits per heavy atom. The van der Waals surface area contributed by atoms with E-state index in [0.717, 1.165) is 4.90 Å². The van der Waals surface area contributed by atoms with Gasteiger partial charge in [0, 0.05) is 6.54 Å². The molecule has 4 amide bonds. The van der Waals surface area contributed by atoms with Crippen LogP contribution in [0, 0.1) is 0 Å². The molecule has 2 rings (SSSR count). The summed E-state index contributed by atoms with van der Waals surface area (Å²) in [5.41, 5.74) is 3.35. The van der Waals surface area contributed by atoms with Gasteiger partial charge in [0.1, 0.15) is 23.2 Å². The van der Waals surface area contributed by atoms with Gasteiger partial charge in [-0.15, -0.1) is 0 Å². The molecule has 0 aliphatic carbocycles. The van der Waals surface area contributed by atoms with E-state index in [2.05, 4.69) is 5.32 Å². The SMILES string of the molecule is CC(O)C(NC(=O)OC(C)(C)C)C(=O)N1CCCC12CN(C(C(N)=O)[C@@H](C)O)C2=O. The summed E-state index contributed by atoms with van der Waals surface area (Å²) in [5, 5.41) is 22.3. The number of hydrogen-bond donors (Lipinski definition) is 4. The van der Waals surface area contributed by atoms with E-state index in [1.807, 2.05) is 0 Å². The molecule has 0 saturated carbocycles. The highest BCUT2D eigenvalue weighted by molar-refractivity contribution is 6.01. The molecule has 0 aromatic carbocycles. The van der Waals surface area contributed by atoms with Gasteiger partial charge < -0.3 is 35.8 Å². The van der Waals surface area contributed by atoms with E-state index in [4.69, 9.17) is 10.5 Å². The van der Waals surface area contributed by atoms with E-state index in [1.165, 1.54) is 18.7 Å². The van der Waals surface area contributed by atoms with Crippen molar-refractivity contribution in [3.8, 4) is 0 Å². The third-order valence-electron chi connectivity index (χ3n) is 5.35. The number of ether oxygens (including phenoxy) is 1. The predicted octanol–water partition coefficient (Wildman–Crippen LogP) is -1.30. The summed E-state index contributed by atoms with van der Waals surface area (Å²) in [5.74, 6) is -1.94. The van der Waals surface area contributed by atoms with E-state index in [0.29, 0.717) is 12.8 Å². The van der Waals surface area contributed by atoms with Gasteiger partial charge in [-0.25, -0.2) is 4.79 Å². The number of primary amides is 1. The van der Waals surface area contributed by atoms with Crippen LogP contribution in [0.3, 0.4) is 0 Å². The van der Waals surface area contributed by atoms with E-state index in [-0.39, 0.29) is 13.1 Å². The Kier molecular flexibility index (Phi) is 6.67. The maximum atomic E-state index is 13.2. The fourth-order valence-electron chi connectivity index (χ4n) is 4.05. The molecule has 2 heterocycles. The number of rotatable bonds is 6. The van der Waals surface area contributed by atoms with Gasteiger partial charge in [-0.3, -0.25) is 14.4 Å². The number of alkyl carbamates (subject to hydrolysis) is 1. The van der Waals surface area contributed by atoms with Crippen LogP contribution in [0.2, 0.25) is 0 Å². The van der Waals surface area contributed by atoms with Gasteiger partial charge >= 0.3 is 6.09 Å². The maximum Gasteiger partial charge on any atom is 0.408 e. The lowest BCUT2D eigenvalue weighted by molar-refractivity contribution is -0.177. The largest absolute Gasteiger partial charge is 0.444 e. The molecule has 0 aromatic rings. The first-order valence-electron chi connectivity index (χ1n) is 9.99. The highest BCUT2D eigenvalue weighted by Gasteiger charge is 2.62. The summed E-state index contributed by atoms with van der Waals surface area (Å²) < 4.78 is 5.16. The van der Waals surface area contributed by atoms with Crippen LogP contribution in [0.5, 0.6) is 0 Å². The minimum atomic E-state index is -1.31. The first-order valence-corrected chi connectivity index (χ1v) is 9.99. The molecule has 11 nitrogen and oxygen atoms in total. The number of nitrogens with two attached hydrogens (primary N) is 1. The van der Waals surface area contributed by atoms with Crippen molar-refractivity contribution in [2.24, 2.45) is 5.73 Å². The Balaban J connectivity index is 2.19. The van der Waals surface area contributed by atoms with Crippen molar-refractivity contribution in [2.45, 2.75) is 82.9 Å². The first-order chi connectivity index (χ1) is 13.7. The number of nitrogens with zero attached hydrogens (tertiary/aromatic N) is 2. The molecule has 2 saturated heterocycles. The summed E-state index contributed by atoms with van der Waals surface area (Å²) in [7, 11) is 0. The predicted molar refractivity (Wildman–Crippen MR) is 105 cm³/mol. The summed E-state index contributed by atoms with van der Waals surface area (Å²) in [6, 6.07) is -2.49. The summed E-state index contributed by atoms with van der Waals surface area (Å²) in [4.78, 5) is 52.4. The molecular formula is C19H32N4O7. The lowest BCUT2D eigenvalue weighted by atomic mass is 9.83. The van der Waals surface area contributed by atoms with Crippen LogP contribution in [-0.2, 0) is 19.1 Å². The summed E-state index contributed by atoms with van der Waals surface area (Å²) in [6.45, 7) is 8.01. The van der Waals surface area contributed by atoms with Crippen molar-refractivity contribution in [1.82, 2.24) is 15.1 Å². The zero-order valence-electron chi connectivity index (χ0n) is 18.0. The lowest BCUT2D eigenvalue weighted by Gasteiger charge is -2.54. The van der Waals surface area contributed by atoms with E-state index < -0.39 is 59.2 Å². The first kappa shape index (κ1) is 23.9. The van der Waals surface area contributed by atoms with Crippen molar-refractivity contribution in [1.29, 1.82) is 0 Å². The Hall–Kier alpha value is -2.40. The van der Waals surface area contributed by atoms with Crippen LogP contribution < -0.4 is 11.1 Å². The summed E-state index contributed by atoms with van der Waals surface area (Å²) >= 11 is 0. The third kappa shape index (κ3) is 4.51. The van der Waals surface area contributed by atoms with Gasteiger partial charge in [-0.2, -0.15) is 0 Å². The number of likely N-dealkylation sites (tertiary alicyclic amines) is 2. The molecule has 11 heteroatoms. The van der Waals surface area contributed by atoms with E-state index >= 15 is 0 Å². The maximum absolute atomic E-state index is 13.2. The standard InChI is InChI=1S/C19H32N4O7/c1-10(24)12(21-17(29)30-18(3,4)5)15(27)23-8-6-7-19(23)9-22(16(19)28)13(11(2)25)14(20)26/h10-13,24-25H,6-9H2,1-5H3,(H2,20,26)(H,21,29)/t10?,11-,12?,13?,19?/m1/s1. The van der Waals surface area contributed by atoms with Gasteiger partial charge in [0.25, 0.3) is 5.91 Å². The van der Waals surface area contributed by atoms with Crippen molar-refractivity contribution in [3.05, 3.63) is 0 Å². The van der Waals surface area contributed by atoms with Gasteiger partial charge in [-0.05, 0) is 47.5 Å². The van der Waals surface area contributed by atoms with Crippen LogP contribution in [0.15, 0.2) is 0 Å². The minimum absolute atomic E-state index is 0.0368. The number of carbonyl (C=O) groups excluding carboxylic acids is 4. The van der Waals surface area contributed by atoms with Crippen LogP contribution in [0.1, 0.15) is 47.5 Å². The zero-order chi connectivity index (χ0) is 23.0. The number of nitrogens with one attached hydrogen (secondary N) is 1. The Morgan fingerprint density at radius 1 is 1.20 bits per heavy atom. The Labute approximate surface area is 175 Å².